The van der Waals surface area contributed by atoms with Crippen molar-refractivity contribution in [3.63, 3.8) is 0 Å². The number of hydrogen-bond donors (Lipinski definition) is 0. The molecule has 3 rings (SSSR count). The van der Waals surface area contributed by atoms with Gasteiger partial charge in [0.15, 0.2) is 17.2 Å². The van der Waals surface area contributed by atoms with Crippen molar-refractivity contribution in [2.75, 3.05) is 14.2 Å². The summed E-state index contributed by atoms with van der Waals surface area (Å²) >= 11 is 3.32. The Labute approximate surface area is 146 Å². The summed E-state index contributed by atoms with van der Waals surface area (Å²) in [7, 11) is 3.09. The van der Waals surface area contributed by atoms with E-state index in [2.05, 4.69) is 25.9 Å². The van der Waals surface area contributed by atoms with Gasteiger partial charge in [-0.25, -0.2) is 9.79 Å². The maximum atomic E-state index is 12.1. The first kappa shape index (κ1) is 16.2. The third-order valence-corrected chi connectivity index (χ3v) is 3.73. The highest BCUT2D eigenvalue weighted by Crippen LogP contribution is 2.33. The fourth-order valence-electron chi connectivity index (χ4n) is 2.23. The number of ether oxygens (including phenoxy) is 3. The molecule has 2 heterocycles. The van der Waals surface area contributed by atoms with E-state index in [4.69, 9.17) is 14.2 Å². The number of carbonyl (C=O) groups is 1. The number of carbonyl (C=O) groups excluding carboxylic acids is 1. The van der Waals surface area contributed by atoms with E-state index in [1.165, 1.54) is 7.11 Å². The zero-order valence-corrected chi connectivity index (χ0v) is 14.5. The van der Waals surface area contributed by atoms with Gasteiger partial charge in [0.05, 0.1) is 19.8 Å². The molecule has 6 nitrogen and oxygen atoms in total. The SMILES string of the molecule is COc1cccc(/C=C2\N=C(c3cncc(Br)c3)OC2=O)c1OC. The first-order valence-corrected chi connectivity index (χ1v) is 7.76. The lowest BCUT2D eigenvalue weighted by Gasteiger charge is -2.09. The molecule has 1 aromatic carbocycles. The standard InChI is InChI=1S/C17H13BrN2O4/c1-22-14-5-3-4-10(15(14)23-2)7-13-17(21)24-16(20-13)11-6-12(18)9-19-8-11/h3-9H,1-2H3/b13-7-. The predicted octanol–water partition coefficient (Wildman–Crippen LogP) is 3.21. The van der Waals surface area contributed by atoms with Gasteiger partial charge in [-0.05, 0) is 34.1 Å². The van der Waals surface area contributed by atoms with Gasteiger partial charge >= 0.3 is 5.97 Å². The minimum Gasteiger partial charge on any atom is -0.493 e. The van der Waals surface area contributed by atoms with E-state index >= 15 is 0 Å². The van der Waals surface area contributed by atoms with Crippen LogP contribution in [0.25, 0.3) is 6.08 Å². The van der Waals surface area contributed by atoms with Crippen LogP contribution in [0.1, 0.15) is 11.1 Å². The Kier molecular flexibility index (Phi) is 4.61. The normalized spacial score (nSPS) is 15.2. The van der Waals surface area contributed by atoms with Crippen molar-refractivity contribution in [1.82, 2.24) is 4.98 Å². The minimum absolute atomic E-state index is 0.177. The lowest BCUT2D eigenvalue weighted by Crippen LogP contribution is -2.05. The zero-order chi connectivity index (χ0) is 17.1. The first-order valence-electron chi connectivity index (χ1n) is 6.97. The summed E-state index contributed by atoms with van der Waals surface area (Å²) in [6.45, 7) is 0. The molecule has 0 atom stereocenters. The molecule has 0 aliphatic carbocycles. The Hall–Kier alpha value is -2.67. The van der Waals surface area contributed by atoms with Gasteiger partial charge in [-0.3, -0.25) is 4.98 Å². The maximum absolute atomic E-state index is 12.1. The van der Waals surface area contributed by atoms with Gasteiger partial charge in [-0.2, -0.15) is 0 Å². The summed E-state index contributed by atoms with van der Waals surface area (Å²) in [6, 6.07) is 7.15. The molecule has 1 aliphatic heterocycles. The molecule has 1 aromatic heterocycles. The number of methoxy groups -OCH3 is 2. The monoisotopic (exact) mass is 388 g/mol. The number of esters is 1. The van der Waals surface area contributed by atoms with Crippen molar-refractivity contribution in [1.29, 1.82) is 0 Å². The average Bonchev–Trinajstić information content (AvgIpc) is 2.95. The average molecular weight is 389 g/mol. The quantitative estimate of drug-likeness (QED) is 0.593. The van der Waals surface area contributed by atoms with Crippen LogP contribution >= 0.6 is 15.9 Å². The third kappa shape index (κ3) is 3.16. The van der Waals surface area contributed by atoms with Crippen molar-refractivity contribution in [2.45, 2.75) is 0 Å². The van der Waals surface area contributed by atoms with Gasteiger partial charge < -0.3 is 14.2 Å². The fourth-order valence-corrected chi connectivity index (χ4v) is 2.60. The van der Waals surface area contributed by atoms with Crippen LogP contribution in [0.4, 0.5) is 0 Å². The summed E-state index contributed by atoms with van der Waals surface area (Å²) < 4.78 is 16.6. The van der Waals surface area contributed by atoms with Crippen LogP contribution in [0, 0.1) is 0 Å². The van der Waals surface area contributed by atoms with Gasteiger partial charge in [-0.1, -0.05) is 12.1 Å². The van der Waals surface area contributed by atoms with E-state index < -0.39 is 5.97 Å². The summed E-state index contributed by atoms with van der Waals surface area (Å²) in [6.07, 6.45) is 4.81. The number of hydrogen-bond acceptors (Lipinski definition) is 6. The number of para-hydroxylation sites is 1. The molecule has 7 heteroatoms. The molecule has 0 fully saturated rings. The number of benzene rings is 1. The van der Waals surface area contributed by atoms with Gasteiger partial charge in [0.1, 0.15) is 0 Å². The summed E-state index contributed by atoms with van der Waals surface area (Å²) in [5, 5.41) is 0. The van der Waals surface area contributed by atoms with Gasteiger partial charge in [0, 0.05) is 22.4 Å². The fraction of sp³-hybridized carbons (Fsp3) is 0.118. The topological polar surface area (TPSA) is 70.0 Å². The van der Waals surface area contributed by atoms with Gasteiger partial charge in [0.25, 0.3) is 0 Å². The Morgan fingerprint density at radius 3 is 2.75 bits per heavy atom. The summed E-state index contributed by atoms with van der Waals surface area (Å²) in [4.78, 5) is 20.4. The highest BCUT2D eigenvalue weighted by atomic mass is 79.9. The second kappa shape index (κ2) is 6.84. The van der Waals surface area contributed by atoms with Crippen molar-refractivity contribution in [3.8, 4) is 11.5 Å². The molecule has 2 aromatic rings. The number of nitrogens with zero attached hydrogens (tertiary/aromatic N) is 2. The Morgan fingerprint density at radius 1 is 1.21 bits per heavy atom. The molecule has 0 spiro atoms. The van der Waals surface area contributed by atoms with E-state index in [0.29, 0.717) is 22.6 Å². The summed E-state index contributed by atoms with van der Waals surface area (Å²) in [5.41, 5.74) is 1.46. The molecule has 0 amide bonds. The van der Waals surface area contributed by atoms with E-state index in [1.54, 1.807) is 49.8 Å². The highest BCUT2D eigenvalue weighted by Gasteiger charge is 2.25. The minimum atomic E-state index is -0.533. The van der Waals surface area contributed by atoms with E-state index in [1.807, 2.05) is 0 Å². The number of aromatic nitrogens is 1. The van der Waals surface area contributed by atoms with Crippen LogP contribution in [0.2, 0.25) is 0 Å². The van der Waals surface area contributed by atoms with Crippen LogP contribution in [-0.2, 0) is 9.53 Å². The molecule has 122 valence electrons. The van der Waals surface area contributed by atoms with Crippen molar-refractivity contribution in [3.05, 3.63) is 58.0 Å². The second-order valence-corrected chi connectivity index (χ2v) is 5.73. The van der Waals surface area contributed by atoms with Gasteiger partial charge in [0.2, 0.25) is 5.90 Å². The number of pyridine rings is 1. The van der Waals surface area contributed by atoms with Crippen LogP contribution in [0.3, 0.4) is 0 Å². The van der Waals surface area contributed by atoms with Crippen LogP contribution < -0.4 is 9.47 Å². The van der Waals surface area contributed by atoms with E-state index in [-0.39, 0.29) is 11.6 Å². The first-order chi connectivity index (χ1) is 11.6. The van der Waals surface area contributed by atoms with Gasteiger partial charge in [-0.15, -0.1) is 0 Å². The molecule has 0 saturated heterocycles. The van der Waals surface area contributed by atoms with Crippen molar-refractivity contribution < 1.29 is 19.0 Å². The van der Waals surface area contributed by atoms with Crippen LogP contribution in [-0.4, -0.2) is 31.1 Å². The molecule has 0 radical (unpaired) electrons. The van der Waals surface area contributed by atoms with Crippen molar-refractivity contribution in [2.24, 2.45) is 4.99 Å². The van der Waals surface area contributed by atoms with Crippen LogP contribution in [0.15, 0.2) is 51.8 Å². The molecule has 24 heavy (non-hydrogen) atoms. The lowest BCUT2D eigenvalue weighted by atomic mass is 10.1. The smallest absolute Gasteiger partial charge is 0.363 e. The Balaban J connectivity index is 2.01. The molecule has 0 saturated carbocycles. The number of halogens is 1. The number of rotatable bonds is 4. The Morgan fingerprint density at radius 2 is 2.04 bits per heavy atom. The molecule has 0 N–H and O–H groups in total. The molecule has 1 aliphatic rings. The molecule has 0 unspecified atom stereocenters. The third-order valence-electron chi connectivity index (χ3n) is 3.30. The zero-order valence-electron chi connectivity index (χ0n) is 12.9. The van der Waals surface area contributed by atoms with E-state index in [0.717, 1.165) is 4.47 Å². The largest absolute Gasteiger partial charge is 0.493 e. The highest BCUT2D eigenvalue weighted by molar-refractivity contribution is 9.10. The molecular formula is C17H13BrN2O4. The maximum Gasteiger partial charge on any atom is 0.363 e. The molecule has 0 bridgehead atoms. The van der Waals surface area contributed by atoms with E-state index in [9.17, 15) is 4.79 Å². The molecular weight excluding hydrogens is 376 g/mol. The number of cyclic esters (lactones) is 1. The second-order valence-electron chi connectivity index (χ2n) is 4.81. The summed E-state index contributed by atoms with van der Waals surface area (Å²) in [5.74, 6) is 0.767. The Bertz CT molecular complexity index is 861. The lowest BCUT2D eigenvalue weighted by molar-refractivity contribution is -0.129. The van der Waals surface area contributed by atoms with Crippen LogP contribution in [0.5, 0.6) is 11.5 Å². The number of aliphatic imine (C=N–C) groups is 1. The predicted molar refractivity (Wildman–Crippen MR) is 92.1 cm³/mol. The van der Waals surface area contributed by atoms with Crippen molar-refractivity contribution >= 4 is 33.9 Å².